The van der Waals surface area contributed by atoms with Crippen LogP contribution in [0.4, 0.5) is 5.69 Å². The number of hydrogen-bond acceptors (Lipinski definition) is 4. The maximum atomic E-state index is 6.15. The number of fused-ring (bicyclic) bond motifs is 1. The van der Waals surface area contributed by atoms with Crippen molar-refractivity contribution in [2.24, 2.45) is 0 Å². The van der Waals surface area contributed by atoms with Crippen molar-refractivity contribution >= 4 is 28.2 Å². The Morgan fingerprint density at radius 3 is 2.95 bits per heavy atom. The first-order valence-corrected chi connectivity index (χ1v) is 6.92. The molecule has 0 saturated carbocycles. The second-order valence-corrected chi connectivity index (χ2v) is 4.99. The standard InChI is InChI=1S/C16H14ClN3O/c1-21-15-6-2-5-13(20-15)10-19-14-9-12(17)8-11-4-3-7-18-16(11)14/h2-9,19H,10H2,1H3. The summed E-state index contributed by atoms with van der Waals surface area (Å²) in [6.07, 6.45) is 1.77. The van der Waals surface area contributed by atoms with Crippen molar-refractivity contribution in [2.45, 2.75) is 6.54 Å². The van der Waals surface area contributed by atoms with Crippen molar-refractivity contribution in [3.8, 4) is 5.88 Å². The van der Waals surface area contributed by atoms with Gasteiger partial charge in [0.25, 0.3) is 0 Å². The third-order valence-corrected chi connectivity index (χ3v) is 3.34. The molecule has 2 heterocycles. The van der Waals surface area contributed by atoms with Crippen molar-refractivity contribution in [3.05, 3.63) is 59.4 Å². The zero-order valence-electron chi connectivity index (χ0n) is 11.5. The molecule has 3 aromatic rings. The van der Waals surface area contributed by atoms with Gasteiger partial charge in [-0.15, -0.1) is 0 Å². The van der Waals surface area contributed by atoms with E-state index in [2.05, 4.69) is 15.3 Å². The number of pyridine rings is 2. The monoisotopic (exact) mass is 299 g/mol. The molecule has 0 radical (unpaired) electrons. The molecule has 3 rings (SSSR count). The van der Waals surface area contributed by atoms with Gasteiger partial charge in [0.05, 0.1) is 30.6 Å². The zero-order valence-corrected chi connectivity index (χ0v) is 12.3. The highest BCUT2D eigenvalue weighted by molar-refractivity contribution is 6.31. The van der Waals surface area contributed by atoms with Crippen LogP contribution in [0.1, 0.15) is 5.69 Å². The van der Waals surface area contributed by atoms with Gasteiger partial charge in [-0.05, 0) is 24.3 Å². The first kappa shape index (κ1) is 13.6. The molecule has 0 bridgehead atoms. The lowest BCUT2D eigenvalue weighted by molar-refractivity contribution is 0.396. The van der Waals surface area contributed by atoms with E-state index in [-0.39, 0.29) is 0 Å². The van der Waals surface area contributed by atoms with E-state index in [9.17, 15) is 0 Å². The van der Waals surface area contributed by atoms with Gasteiger partial charge in [-0.3, -0.25) is 4.98 Å². The molecule has 1 aromatic carbocycles. The van der Waals surface area contributed by atoms with Crippen molar-refractivity contribution in [1.29, 1.82) is 0 Å². The molecule has 21 heavy (non-hydrogen) atoms. The Morgan fingerprint density at radius 2 is 2.10 bits per heavy atom. The number of rotatable bonds is 4. The average Bonchev–Trinajstić information content (AvgIpc) is 2.52. The summed E-state index contributed by atoms with van der Waals surface area (Å²) in [6.45, 7) is 0.573. The molecule has 0 aliphatic carbocycles. The minimum atomic E-state index is 0.573. The van der Waals surface area contributed by atoms with Crippen LogP contribution in [0.25, 0.3) is 10.9 Å². The second-order valence-electron chi connectivity index (χ2n) is 4.55. The molecule has 1 N–H and O–H groups in total. The number of nitrogens with zero attached hydrogens (tertiary/aromatic N) is 2. The van der Waals surface area contributed by atoms with E-state index >= 15 is 0 Å². The number of hydrogen-bond donors (Lipinski definition) is 1. The van der Waals surface area contributed by atoms with E-state index in [1.54, 1.807) is 13.3 Å². The maximum Gasteiger partial charge on any atom is 0.213 e. The van der Waals surface area contributed by atoms with Crippen LogP contribution in [-0.2, 0) is 6.54 Å². The van der Waals surface area contributed by atoms with Crippen LogP contribution < -0.4 is 10.1 Å². The third-order valence-electron chi connectivity index (χ3n) is 3.12. The number of benzene rings is 1. The fourth-order valence-corrected chi connectivity index (χ4v) is 2.37. The SMILES string of the molecule is COc1cccc(CNc2cc(Cl)cc3cccnc23)n1. The highest BCUT2D eigenvalue weighted by Gasteiger charge is 2.05. The minimum Gasteiger partial charge on any atom is -0.481 e. The Labute approximate surface area is 127 Å². The number of nitrogens with one attached hydrogen (secondary N) is 1. The maximum absolute atomic E-state index is 6.15. The summed E-state index contributed by atoms with van der Waals surface area (Å²) < 4.78 is 5.12. The van der Waals surface area contributed by atoms with E-state index in [1.807, 2.05) is 42.5 Å². The molecule has 106 valence electrons. The van der Waals surface area contributed by atoms with E-state index in [4.69, 9.17) is 16.3 Å². The Kier molecular flexibility index (Phi) is 3.88. The molecular formula is C16H14ClN3O. The smallest absolute Gasteiger partial charge is 0.213 e. The largest absolute Gasteiger partial charge is 0.481 e. The lowest BCUT2D eigenvalue weighted by Crippen LogP contribution is -2.03. The second kappa shape index (κ2) is 5.97. The molecule has 2 aromatic heterocycles. The van der Waals surface area contributed by atoms with Gasteiger partial charge in [-0.1, -0.05) is 23.7 Å². The van der Waals surface area contributed by atoms with E-state index in [0.29, 0.717) is 17.4 Å². The number of anilines is 1. The van der Waals surface area contributed by atoms with Crippen LogP contribution in [0.5, 0.6) is 5.88 Å². The summed E-state index contributed by atoms with van der Waals surface area (Å²) in [5.41, 5.74) is 2.67. The molecule has 0 atom stereocenters. The number of methoxy groups -OCH3 is 1. The molecule has 0 spiro atoms. The molecule has 0 unspecified atom stereocenters. The predicted octanol–water partition coefficient (Wildman–Crippen LogP) is 3.90. The highest BCUT2D eigenvalue weighted by atomic mass is 35.5. The number of ether oxygens (including phenoxy) is 1. The Hall–Kier alpha value is -2.33. The van der Waals surface area contributed by atoms with Gasteiger partial charge in [0.15, 0.2) is 0 Å². The van der Waals surface area contributed by atoms with Gasteiger partial charge in [0.1, 0.15) is 0 Å². The van der Waals surface area contributed by atoms with E-state index < -0.39 is 0 Å². The normalized spacial score (nSPS) is 10.6. The van der Waals surface area contributed by atoms with Crippen LogP contribution in [0.2, 0.25) is 5.02 Å². The number of aromatic nitrogens is 2. The molecule has 5 heteroatoms. The van der Waals surface area contributed by atoms with Crippen molar-refractivity contribution < 1.29 is 4.74 Å². The van der Waals surface area contributed by atoms with Gasteiger partial charge in [0, 0.05) is 22.7 Å². The first-order valence-electron chi connectivity index (χ1n) is 6.54. The Balaban J connectivity index is 1.87. The van der Waals surface area contributed by atoms with Gasteiger partial charge >= 0.3 is 0 Å². The average molecular weight is 300 g/mol. The minimum absolute atomic E-state index is 0.573. The van der Waals surface area contributed by atoms with Gasteiger partial charge in [-0.25, -0.2) is 4.98 Å². The molecule has 0 fully saturated rings. The summed E-state index contributed by atoms with van der Waals surface area (Å²) >= 11 is 6.15. The molecule has 0 aliphatic heterocycles. The molecular weight excluding hydrogens is 286 g/mol. The van der Waals surface area contributed by atoms with Crippen LogP contribution in [-0.4, -0.2) is 17.1 Å². The zero-order chi connectivity index (χ0) is 14.7. The fraction of sp³-hybridized carbons (Fsp3) is 0.125. The lowest BCUT2D eigenvalue weighted by atomic mass is 10.2. The van der Waals surface area contributed by atoms with Crippen LogP contribution in [0, 0.1) is 0 Å². The van der Waals surface area contributed by atoms with E-state index in [0.717, 1.165) is 22.3 Å². The van der Waals surface area contributed by atoms with Crippen molar-refractivity contribution in [3.63, 3.8) is 0 Å². The van der Waals surface area contributed by atoms with Crippen LogP contribution in [0.3, 0.4) is 0 Å². The summed E-state index contributed by atoms with van der Waals surface area (Å²) in [6, 6.07) is 13.3. The van der Waals surface area contributed by atoms with Gasteiger partial charge < -0.3 is 10.1 Å². The Bertz CT molecular complexity index is 776. The van der Waals surface area contributed by atoms with Crippen LogP contribution >= 0.6 is 11.6 Å². The van der Waals surface area contributed by atoms with Crippen LogP contribution in [0.15, 0.2) is 48.7 Å². The van der Waals surface area contributed by atoms with E-state index in [1.165, 1.54) is 0 Å². The van der Waals surface area contributed by atoms with Crippen molar-refractivity contribution in [1.82, 2.24) is 9.97 Å². The Morgan fingerprint density at radius 1 is 1.19 bits per heavy atom. The van der Waals surface area contributed by atoms with Gasteiger partial charge in [-0.2, -0.15) is 0 Å². The van der Waals surface area contributed by atoms with Gasteiger partial charge in [0.2, 0.25) is 5.88 Å². The summed E-state index contributed by atoms with van der Waals surface area (Å²) in [4.78, 5) is 8.77. The highest BCUT2D eigenvalue weighted by Crippen LogP contribution is 2.26. The summed E-state index contributed by atoms with van der Waals surface area (Å²) in [5, 5.41) is 5.01. The first-order chi connectivity index (χ1) is 10.3. The lowest BCUT2D eigenvalue weighted by Gasteiger charge is -2.10. The molecule has 4 nitrogen and oxygen atoms in total. The summed E-state index contributed by atoms with van der Waals surface area (Å²) in [7, 11) is 1.61. The summed E-state index contributed by atoms with van der Waals surface area (Å²) in [5.74, 6) is 0.600. The molecule has 0 amide bonds. The topological polar surface area (TPSA) is 47.0 Å². The van der Waals surface area contributed by atoms with Crippen molar-refractivity contribution in [2.75, 3.05) is 12.4 Å². The predicted molar refractivity (Wildman–Crippen MR) is 84.9 cm³/mol. The fourth-order valence-electron chi connectivity index (χ4n) is 2.15. The third kappa shape index (κ3) is 3.06. The molecule has 0 aliphatic rings. The number of halogens is 1. The molecule has 0 saturated heterocycles. The quantitative estimate of drug-likeness (QED) is 0.793.